The third kappa shape index (κ3) is 6.04. The lowest BCUT2D eigenvalue weighted by Crippen LogP contribution is -2.38. The lowest BCUT2D eigenvalue weighted by Gasteiger charge is -2.27. The Balaban J connectivity index is 1.36. The monoisotopic (exact) mass is 764 g/mol. The minimum atomic E-state index is -1.63. The van der Waals surface area contributed by atoms with Crippen LogP contribution in [0.25, 0.3) is 82.7 Å². The Labute approximate surface area is 333 Å². The first kappa shape index (κ1) is 36.4. The molecule has 56 heavy (non-hydrogen) atoms. The Kier molecular flexibility index (Phi) is 8.57. The third-order valence-electron chi connectivity index (χ3n) is 11.8. The van der Waals surface area contributed by atoms with Gasteiger partial charge in [0.15, 0.2) is 0 Å². The summed E-state index contributed by atoms with van der Waals surface area (Å²) in [5.41, 5.74) is 11.3. The summed E-state index contributed by atoms with van der Waals surface area (Å²) in [6, 6.07) is 45.3. The molecule has 0 amide bonds. The van der Waals surface area contributed by atoms with Gasteiger partial charge >= 0.3 is 0 Å². The van der Waals surface area contributed by atoms with Crippen molar-refractivity contribution in [3.8, 4) is 28.2 Å². The topological polar surface area (TPSA) is 31.0 Å². The average Bonchev–Trinajstić information content (AvgIpc) is 3.73. The van der Waals surface area contributed by atoms with E-state index >= 15 is 0 Å². The predicted molar refractivity (Wildman–Crippen MR) is 248 cm³/mol. The second kappa shape index (κ2) is 13.2. The van der Waals surface area contributed by atoms with E-state index in [4.69, 9.17) is 9.40 Å². The van der Waals surface area contributed by atoms with Gasteiger partial charge < -0.3 is 4.42 Å². The molecule has 0 aliphatic carbocycles. The molecule has 0 aliphatic rings. The van der Waals surface area contributed by atoms with Gasteiger partial charge in [0, 0.05) is 10.8 Å². The van der Waals surface area contributed by atoms with E-state index in [1.807, 2.05) is 0 Å². The molecule has 0 saturated heterocycles. The molecular formula is C51H52N2OSi2. The maximum Gasteiger partial charge on any atom is 0.149 e. The summed E-state index contributed by atoms with van der Waals surface area (Å²) in [5.74, 6) is 1.53. The van der Waals surface area contributed by atoms with Gasteiger partial charge in [-0.05, 0) is 86.0 Å². The third-order valence-corrected chi connectivity index (χ3v) is 15.9. The van der Waals surface area contributed by atoms with E-state index in [1.54, 1.807) is 0 Å². The van der Waals surface area contributed by atoms with Gasteiger partial charge in [0.2, 0.25) is 0 Å². The van der Waals surface area contributed by atoms with Crippen LogP contribution in [0.15, 0.2) is 126 Å². The van der Waals surface area contributed by atoms with Crippen LogP contribution in [0.1, 0.15) is 50.7 Å². The second-order valence-electron chi connectivity index (χ2n) is 18.5. The standard InChI is InChI=1S/C51H52N2OSi2/c1-31(2)42-28-38(56(8,9)10)29-43(32(3)4)49(42)53-47-27-35(33-20-23-37(24-21-33)55(5,6)7)22-25-46(47)52-51(53)41-17-13-16-40-45-26-36-19-18-34-14-11-12-15-39(34)44(36)30-48(45)54-50(40)41/h11-32H,1-10H3. The largest absolute Gasteiger partial charge is 0.455 e. The molecule has 0 atom stereocenters. The smallest absolute Gasteiger partial charge is 0.149 e. The van der Waals surface area contributed by atoms with Crippen LogP contribution in [-0.2, 0) is 0 Å². The Morgan fingerprint density at radius 1 is 0.536 bits per heavy atom. The summed E-state index contributed by atoms with van der Waals surface area (Å²) in [6.45, 7) is 24.0. The highest BCUT2D eigenvalue weighted by Crippen LogP contribution is 2.43. The number of benzene rings is 7. The second-order valence-corrected chi connectivity index (χ2v) is 28.7. The molecule has 0 saturated carbocycles. The van der Waals surface area contributed by atoms with Crippen molar-refractivity contribution in [2.24, 2.45) is 0 Å². The van der Waals surface area contributed by atoms with Gasteiger partial charge in [-0.15, -0.1) is 0 Å². The molecule has 0 aliphatic heterocycles. The van der Waals surface area contributed by atoms with E-state index < -0.39 is 16.1 Å². The first-order valence-electron chi connectivity index (χ1n) is 20.3. The number of hydrogen-bond donors (Lipinski definition) is 0. The van der Waals surface area contributed by atoms with Crippen LogP contribution >= 0.6 is 0 Å². The fourth-order valence-electron chi connectivity index (χ4n) is 8.55. The van der Waals surface area contributed by atoms with Crippen LogP contribution in [0.3, 0.4) is 0 Å². The first-order chi connectivity index (χ1) is 26.7. The zero-order valence-corrected chi connectivity index (χ0v) is 36.5. The number of nitrogens with zero attached hydrogens (tertiary/aromatic N) is 2. The van der Waals surface area contributed by atoms with Gasteiger partial charge in [0.1, 0.15) is 17.0 Å². The summed E-state index contributed by atoms with van der Waals surface area (Å²) in [4.78, 5) is 5.55. The molecular weight excluding hydrogens is 713 g/mol. The molecule has 9 aromatic rings. The van der Waals surface area contributed by atoms with E-state index in [0.717, 1.165) is 44.4 Å². The summed E-state index contributed by atoms with van der Waals surface area (Å²) < 4.78 is 9.47. The lowest BCUT2D eigenvalue weighted by atomic mass is 9.92. The molecule has 0 radical (unpaired) electrons. The Hall–Kier alpha value is -5.24. The van der Waals surface area contributed by atoms with Crippen molar-refractivity contribution in [1.82, 2.24) is 9.55 Å². The van der Waals surface area contributed by atoms with Crippen molar-refractivity contribution in [2.45, 2.75) is 78.8 Å². The van der Waals surface area contributed by atoms with Gasteiger partial charge in [-0.25, -0.2) is 4.98 Å². The minimum Gasteiger partial charge on any atom is -0.455 e. The highest BCUT2D eigenvalue weighted by molar-refractivity contribution is 6.89. The highest BCUT2D eigenvalue weighted by atomic mass is 28.3. The molecule has 0 bridgehead atoms. The van der Waals surface area contributed by atoms with Crippen LogP contribution in [0.2, 0.25) is 39.3 Å². The van der Waals surface area contributed by atoms with Crippen molar-refractivity contribution in [3.63, 3.8) is 0 Å². The maximum absolute atomic E-state index is 6.99. The van der Waals surface area contributed by atoms with Crippen LogP contribution in [-0.4, -0.2) is 25.7 Å². The summed E-state index contributed by atoms with van der Waals surface area (Å²) >= 11 is 0. The zero-order valence-electron chi connectivity index (χ0n) is 34.5. The molecule has 3 nitrogen and oxygen atoms in total. The quantitative estimate of drug-likeness (QED) is 0.120. The Bertz CT molecular complexity index is 2960. The molecule has 2 aromatic heterocycles. The van der Waals surface area contributed by atoms with Crippen molar-refractivity contribution in [3.05, 3.63) is 132 Å². The number of fused-ring (bicyclic) bond motifs is 7. The molecule has 9 rings (SSSR count). The Morgan fingerprint density at radius 2 is 1.18 bits per heavy atom. The summed E-state index contributed by atoms with van der Waals surface area (Å²) in [5, 5.41) is 10.1. The Morgan fingerprint density at radius 3 is 1.86 bits per heavy atom. The van der Waals surface area contributed by atoms with Crippen LogP contribution in [0.5, 0.6) is 0 Å². The van der Waals surface area contributed by atoms with Crippen LogP contribution in [0, 0.1) is 0 Å². The molecule has 7 aromatic carbocycles. The zero-order chi connectivity index (χ0) is 39.3. The van der Waals surface area contributed by atoms with Gasteiger partial charge in [-0.3, -0.25) is 4.57 Å². The van der Waals surface area contributed by atoms with E-state index in [9.17, 15) is 0 Å². The molecule has 2 heterocycles. The van der Waals surface area contributed by atoms with Crippen molar-refractivity contribution >= 4 is 81.0 Å². The van der Waals surface area contributed by atoms with Gasteiger partial charge in [0.05, 0.1) is 38.4 Å². The van der Waals surface area contributed by atoms with Crippen LogP contribution < -0.4 is 10.4 Å². The number of aromatic nitrogens is 2. The maximum atomic E-state index is 6.99. The normalized spacial score (nSPS) is 12.8. The number of furan rings is 1. The molecule has 0 unspecified atom stereocenters. The summed E-state index contributed by atoms with van der Waals surface area (Å²) in [6.07, 6.45) is 0. The number of imidazole rings is 1. The lowest BCUT2D eigenvalue weighted by molar-refractivity contribution is 0.670. The molecule has 0 fully saturated rings. The number of rotatable bonds is 7. The first-order valence-corrected chi connectivity index (χ1v) is 27.3. The highest BCUT2D eigenvalue weighted by Gasteiger charge is 2.28. The van der Waals surface area contributed by atoms with E-state index in [0.29, 0.717) is 11.8 Å². The van der Waals surface area contributed by atoms with Crippen molar-refractivity contribution in [1.29, 1.82) is 0 Å². The van der Waals surface area contributed by atoms with Crippen molar-refractivity contribution in [2.75, 3.05) is 0 Å². The van der Waals surface area contributed by atoms with Crippen molar-refractivity contribution < 1.29 is 4.42 Å². The van der Waals surface area contributed by atoms with Gasteiger partial charge in [-0.2, -0.15) is 0 Å². The molecule has 0 spiro atoms. The van der Waals surface area contributed by atoms with Gasteiger partial charge in [0.25, 0.3) is 0 Å². The van der Waals surface area contributed by atoms with Crippen LogP contribution in [0.4, 0.5) is 0 Å². The average molecular weight is 765 g/mol. The number of para-hydroxylation sites is 1. The number of hydrogen-bond acceptors (Lipinski definition) is 2. The van der Waals surface area contributed by atoms with E-state index in [1.165, 1.54) is 59.9 Å². The predicted octanol–water partition coefficient (Wildman–Crippen LogP) is 13.9. The fourth-order valence-corrected chi connectivity index (χ4v) is 10.9. The fraction of sp³-hybridized carbons (Fsp3) is 0.235. The molecule has 280 valence electrons. The van der Waals surface area contributed by atoms with E-state index in [2.05, 4.69) is 193 Å². The van der Waals surface area contributed by atoms with Gasteiger partial charge in [-0.1, -0.05) is 168 Å². The minimum absolute atomic E-state index is 0.311. The van der Waals surface area contributed by atoms with E-state index in [-0.39, 0.29) is 0 Å². The molecule has 5 heteroatoms. The molecule has 0 N–H and O–H groups in total. The SMILES string of the molecule is CC(C)c1cc([Si](C)(C)C)cc(C(C)C)c1-n1c(-c2cccc3c2oc2cc4c(ccc5ccccc54)cc23)nc2ccc(-c3ccc([Si](C)(C)C)cc3)cc21. The summed E-state index contributed by atoms with van der Waals surface area (Å²) in [7, 11) is -3.05.